The van der Waals surface area contributed by atoms with Crippen LogP contribution in [0.4, 0.5) is 0 Å². The molecule has 0 spiro atoms. The molecule has 1 nitrogen and oxygen atoms in total. The van der Waals surface area contributed by atoms with Gasteiger partial charge >= 0.3 is 110 Å². The Morgan fingerprint density at radius 3 is 2.59 bits per heavy atom. The van der Waals surface area contributed by atoms with E-state index >= 15 is 0 Å². The van der Waals surface area contributed by atoms with Crippen LogP contribution < -0.4 is 24.8 Å². The SMILES string of the molecule is CC1=PC2=CC=CC2=C1.Cc1ccc2c(c1)C=C(c1ccco1)[CH]2[Zr+2].[Cl-].[Cl-]. The first-order chi connectivity index (χ1) is 12.1. The molecule has 0 amide bonds. The maximum atomic E-state index is 5.50. The molecule has 5 heteroatoms. The standard InChI is InChI=1S/C14H11O.C8H7P.2ClH.Zr/c1-10-4-5-11-8-13(9-12(11)7-10)14-3-2-6-15-14;1-6-5-7-3-2-4-8(7)9-6;;;/h2-9H,1H3;2-5H,1H3;2*1H;/q;;;;+2/p-2. The van der Waals surface area contributed by atoms with E-state index < -0.39 is 0 Å². The average molecular weight is 491 g/mol. The van der Waals surface area contributed by atoms with Crippen LogP contribution in [0.1, 0.15) is 33.0 Å². The van der Waals surface area contributed by atoms with Crippen LogP contribution in [0.2, 0.25) is 0 Å². The molecule has 27 heavy (non-hydrogen) atoms. The third-order valence-corrected chi connectivity index (χ3v) is 7.13. The summed E-state index contributed by atoms with van der Waals surface area (Å²) in [6.07, 6.45) is 12.7. The molecule has 2 heterocycles. The van der Waals surface area contributed by atoms with Gasteiger partial charge in [-0.3, -0.25) is 0 Å². The third-order valence-electron chi connectivity index (χ3n) is 4.47. The summed E-state index contributed by atoms with van der Waals surface area (Å²) in [5.74, 6) is 1.01. The quantitative estimate of drug-likeness (QED) is 0.522. The molecule has 0 bridgehead atoms. The van der Waals surface area contributed by atoms with Crippen LogP contribution in [0.25, 0.3) is 11.6 Å². The molecule has 0 fully saturated rings. The Hall–Kier alpha value is -0.907. The van der Waals surface area contributed by atoms with Crippen molar-refractivity contribution in [2.24, 2.45) is 0 Å². The van der Waals surface area contributed by atoms with E-state index in [1.165, 1.54) is 71.4 Å². The van der Waals surface area contributed by atoms with E-state index in [2.05, 4.69) is 62.4 Å². The second-order valence-corrected chi connectivity index (χ2v) is 9.24. The fraction of sp³-hybridized carbons (Fsp3) is 0.136. The largest absolute Gasteiger partial charge is 1.00 e. The second-order valence-electron chi connectivity index (χ2n) is 6.41. The van der Waals surface area contributed by atoms with Crippen LogP contribution in [-0.4, -0.2) is 5.29 Å². The number of allylic oxidation sites excluding steroid dienone is 7. The number of furan rings is 1. The Bertz CT molecular complexity index is 982. The van der Waals surface area contributed by atoms with Gasteiger partial charge in [-0.1, -0.05) is 20.4 Å². The van der Waals surface area contributed by atoms with Crippen LogP contribution in [0.15, 0.2) is 76.2 Å². The Morgan fingerprint density at radius 2 is 1.89 bits per heavy atom. The van der Waals surface area contributed by atoms with Gasteiger partial charge in [0.15, 0.2) is 0 Å². The molecule has 135 valence electrons. The molecule has 1 aromatic heterocycles. The van der Waals surface area contributed by atoms with Gasteiger partial charge in [-0.15, -0.1) is 0 Å². The van der Waals surface area contributed by atoms with Crippen molar-refractivity contribution in [2.75, 3.05) is 0 Å². The summed E-state index contributed by atoms with van der Waals surface area (Å²) in [4.78, 5) is 0. The molecule has 2 aromatic rings. The molecule has 5 rings (SSSR count). The maximum absolute atomic E-state index is 5.50. The van der Waals surface area contributed by atoms with Crippen molar-refractivity contribution in [1.82, 2.24) is 0 Å². The minimum Gasteiger partial charge on any atom is -1.00 e. The van der Waals surface area contributed by atoms with E-state index in [1.54, 1.807) is 6.26 Å². The molecule has 3 aliphatic rings. The Morgan fingerprint density at radius 1 is 1.07 bits per heavy atom. The van der Waals surface area contributed by atoms with Crippen molar-refractivity contribution in [3.8, 4) is 0 Å². The van der Waals surface area contributed by atoms with Gasteiger partial charge in [0, 0.05) is 5.31 Å². The van der Waals surface area contributed by atoms with Gasteiger partial charge in [0.2, 0.25) is 0 Å². The fourth-order valence-electron chi connectivity index (χ4n) is 3.25. The molecule has 1 atom stereocenters. The zero-order valence-electron chi connectivity index (χ0n) is 15.0. The zero-order valence-corrected chi connectivity index (χ0v) is 19.9. The Kier molecular flexibility index (Phi) is 7.90. The van der Waals surface area contributed by atoms with Gasteiger partial charge in [-0.05, 0) is 29.9 Å². The number of hydrogen-bond donors (Lipinski definition) is 0. The van der Waals surface area contributed by atoms with Gasteiger partial charge in [0.05, 0.1) is 0 Å². The van der Waals surface area contributed by atoms with E-state index in [-0.39, 0.29) is 24.8 Å². The predicted octanol–water partition coefficient (Wildman–Crippen LogP) is 0.257. The van der Waals surface area contributed by atoms with Crippen molar-refractivity contribution >= 4 is 25.1 Å². The summed E-state index contributed by atoms with van der Waals surface area (Å²) in [6.45, 7) is 4.30. The number of aryl methyl sites for hydroxylation is 1. The number of halogens is 2. The second kappa shape index (κ2) is 9.53. The molecule has 1 aromatic carbocycles. The topological polar surface area (TPSA) is 13.1 Å². The molecule has 0 saturated heterocycles. The number of fused-ring (bicyclic) bond motifs is 2. The van der Waals surface area contributed by atoms with Crippen LogP contribution in [-0.2, 0) is 24.7 Å². The first-order valence-corrected chi connectivity index (χ1v) is 10.7. The summed E-state index contributed by atoms with van der Waals surface area (Å²) >= 11 is 1.52. The predicted molar refractivity (Wildman–Crippen MR) is 103 cm³/mol. The van der Waals surface area contributed by atoms with Gasteiger partial charge in [-0.25, -0.2) is 0 Å². The van der Waals surface area contributed by atoms with Crippen molar-refractivity contribution < 1.29 is 54.0 Å². The van der Waals surface area contributed by atoms with E-state index in [0.717, 1.165) is 5.76 Å². The fourth-order valence-corrected chi connectivity index (χ4v) is 5.47. The van der Waals surface area contributed by atoms with E-state index in [0.29, 0.717) is 3.63 Å². The Labute approximate surface area is 189 Å². The summed E-state index contributed by atoms with van der Waals surface area (Å²) in [5, 5.41) is 2.92. The molecule has 2 aliphatic carbocycles. The van der Waals surface area contributed by atoms with Crippen LogP contribution in [0.5, 0.6) is 0 Å². The molecule has 0 saturated carbocycles. The first-order valence-electron chi connectivity index (χ1n) is 8.35. The summed E-state index contributed by atoms with van der Waals surface area (Å²) < 4.78 is 6.02. The normalized spacial score (nSPS) is 18.6. The number of benzene rings is 1. The molecular weight excluding hydrogens is 473 g/mol. The Balaban J connectivity index is 0.000000205. The van der Waals surface area contributed by atoms with Gasteiger partial charge in [-0.2, -0.15) is 0 Å². The van der Waals surface area contributed by atoms with Crippen molar-refractivity contribution in [1.29, 1.82) is 0 Å². The van der Waals surface area contributed by atoms with Gasteiger partial charge < -0.3 is 24.8 Å². The van der Waals surface area contributed by atoms with Crippen LogP contribution in [0.3, 0.4) is 0 Å². The minimum absolute atomic E-state index is 0. The van der Waals surface area contributed by atoms with Crippen molar-refractivity contribution in [3.63, 3.8) is 0 Å². The molecule has 1 aliphatic heterocycles. The molecule has 0 radical (unpaired) electrons. The van der Waals surface area contributed by atoms with Crippen LogP contribution in [0, 0.1) is 6.92 Å². The first kappa shape index (κ1) is 22.4. The third kappa shape index (κ3) is 4.75. The minimum atomic E-state index is 0. The van der Waals surface area contributed by atoms with Crippen molar-refractivity contribution in [2.45, 2.75) is 17.5 Å². The van der Waals surface area contributed by atoms with Gasteiger partial charge in [0.1, 0.15) is 0 Å². The number of hydrogen-bond acceptors (Lipinski definition) is 1. The summed E-state index contributed by atoms with van der Waals surface area (Å²) in [5.41, 5.74) is 6.85. The van der Waals surface area contributed by atoms with Crippen molar-refractivity contribution in [3.05, 3.63) is 94.2 Å². The van der Waals surface area contributed by atoms with E-state index in [4.69, 9.17) is 4.42 Å². The van der Waals surface area contributed by atoms with Crippen LogP contribution >= 0.6 is 8.20 Å². The average Bonchev–Trinajstić information content (AvgIpc) is 3.32. The summed E-state index contributed by atoms with van der Waals surface area (Å²) in [7, 11) is 1.40. The monoisotopic (exact) mass is 489 g/mol. The zero-order chi connectivity index (χ0) is 17.4. The maximum Gasteiger partial charge on any atom is -1.00 e. The molecular formula is C22H18Cl2OPZr. The molecule has 0 N–H and O–H groups in total. The smallest absolute Gasteiger partial charge is 1.00 e. The summed E-state index contributed by atoms with van der Waals surface area (Å²) in [6, 6.07) is 10.7. The van der Waals surface area contributed by atoms with E-state index in [9.17, 15) is 0 Å². The number of rotatable bonds is 1. The molecule has 1 unspecified atom stereocenters. The van der Waals surface area contributed by atoms with E-state index in [1.807, 2.05) is 12.1 Å². The van der Waals surface area contributed by atoms with Gasteiger partial charge in [0.25, 0.3) is 0 Å².